The molecule has 4 N–H and O–H groups in total. The van der Waals surface area contributed by atoms with Gasteiger partial charge < -0.3 is 16.4 Å². The molecule has 0 aliphatic rings. The summed E-state index contributed by atoms with van der Waals surface area (Å²) in [6, 6.07) is 5.98. The SMILES string of the molecule is CCNc1ccc(/C(N)=C/S)cc1NC. The van der Waals surface area contributed by atoms with Gasteiger partial charge in [0.15, 0.2) is 0 Å². The van der Waals surface area contributed by atoms with Crippen LogP contribution in [0.25, 0.3) is 5.70 Å². The molecule has 0 bridgehead atoms. The molecule has 0 amide bonds. The van der Waals surface area contributed by atoms with Crippen LogP contribution in [-0.2, 0) is 0 Å². The van der Waals surface area contributed by atoms with Crippen LogP contribution in [0.1, 0.15) is 12.5 Å². The third kappa shape index (κ3) is 2.83. The quantitative estimate of drug-likeness (QED) is 0.593. The summed E-state index contributed by atoms with van der Waals surface area (Å²) in [5, 5.41) is 8.00. The van der Waals surface area contributed by atoms with E-state index in [0.717, 1.165) is 23.5 Å². The maximum absolute atomic E-state index is 5.78. The van der Waals surface area contributed by atoms with E-state index in [4.69, 9.17) is 5.73 Å². The Kier molecular flexibility index (Phi) is 4.37. The number of hydrogen-bond acceptors (Lipinski definition) is 4. The van der Waals surface area contributed by atoms with Crippen molar-refractivity contribution < 1.29 is 0 Å². The normalized spacial score (nSPS) is 11.3. The molecule has 0 aliphatic carbocycles. The molecule has 0 heterocycles. The van der Waals surface area contributed by atoms with Crippen LogP contribution in [0.2, 0.25) is 0 Å². The molecule has 0 radical (unpaired) electrons. The van der Waals surface area contributed by atoms with E-state index in [1.807, 2.05) is 25.2 Å². The van der Waals surface area contributed by atoms with Crippen molar-refractivity contribution in [2.24, 2.45) is 5.73 Å². The molecule has 0 unspecified atom stereocenters. The predicted molar refractivity (Wildman–Crippen MR) is 71.3 cm³/mol. The van der Waals surface area contributed by atoms with Gasteiger partial charge in [-0.2, -0.15) is 0 Å². The van der Waals surface area contributed by atoms with Gasteiger partial charge in [-0.05, 0) is 24.5 Å². The third-order valence-corrected chi connectivity index (χ3v) is 2.41. The Bertz CT molecular complexity index is 361. The smallest absolute Gasteiger partial charge is 0.0580 e. The maximum Gasteiger partial charge on any atom is 0.0580 e. The van der Waals surface area contributed by atoms with Crippen LogP contribution in [0.15, 0.2) is 23.6 Å². The minimum atomic E-state index is 0.665. The molecule has 4 heteroatoms. The molecule has 0 aliphatic heterocycles. The van der Waals surface area contributed by atoms with Crippen LogP contribution in [-0.4, -0.2) is 13.6 Å². The second-order valence-corrected chi connectivity index (χ2v) is 3.38. The zero-order valence-corrected chi connectivity index (χ0v) is 9.94. The third-order valence-electron chi connectivity index (χ3n) is 2.13. The fourth-order valence-electron chi connectivity index (χ4n) is 1.35. The van der Waals surface area contributed by atoms with Crippen LogP contribution in [0, 0.1) is 0 Å². The van der Waals surface area contributed by atoms with Crippen LogP contribution in [0.5, 0.6) is 0 Å². The molecule has 3 nitrogen and oxygen atoms in total. The zero-order valence-electron chi connectivity index (χ0n) is 9.04. The summed E-state index contributed by atoms with van der Waals surface area (Å²) in [4.78, 5) is 0. The van der Waals surface area contributed by atoms with E-state index in [0.29, 0.717) is 5.70 Å². The molecule has 0 spiro atoms. The topological polar surface area (TPSA) is 50.1 Å². The summed E-state index contributed by atoms with van der Waals surface area (Å²) in [7, 11) is 1.89. The Hall–Kier alpha value is -1.29. The standard InChI is InChI=1S/C11H17N3S/c1-3-14-10-5-4-8(9(12)7-15)6-11(10)13-2/h4-7,13-15H,3,12H2,1-2H3/b9-7-. The first-order valence-corrected chi connectivity index (χ1v) is 5.40. The monoisotopic (exact) mass is 223 g/mol. The first-order chi connectivity index (χ1) is 7.22. The van der Waals surface area contributed by atoms with E-state index in [9.17, 15) is 0 Å². The number of hydrogen-bond donors (Lipinski definition) is 4. The minimum absolute atomic E-state index is 0.665. The van der Waals surface area contributed by atoms with Gasteiger partial charge in [-0.3, -0.25) is 0 Å². The van der Waals surface area contributed by atoms with Gasteiger partial charge in [-0.1, -0.05) is 6.07 Å². The largest absolute Gasteiger partial charge is 0.398 e. The van der Waals surface area contributed by atoms with Gasteiger partial charge in [0.2, 0.25) is 0 Å². The van der Waals surface area contributed by atoms with E-state index >= 15 is 0 Å². The van der Waals surface area contributed by atoms with Crippen molar-refractivity contribution in [3.63, 3.8) is 0 Å². The summed E-state index contributed by atoms with van der Waals surface area (Å²) in [5.41, 5.74) is 9.53. The second kappa shape index (κ2) is 5.56. The van der Waals surface area contributed by atoms with Gasteiger partial charge >= 0.3 is 0 Å². The predicted octanol–water partition coefficient (Wildman–Crippen LogP) is 2.35. The summed E-state index contributed by atoms with van der Waals surface area (Å²) in [6.45, 7) is 2.96. The molecule has 0 atom stereocenters. The summed E-state index contributed by atoms with van der Waals surface area (Å²) < 4.78 is 0. The molecule has 0 saturated heterocycles. The summed E-state index contributed by atoms with van der Waals surface area (Å²) >= 11 is 4.03. The second-order valence-electron chi connectivity index (χ2n) is 3.13. The van der Waals surface area contributed by atoms with Gasteiger partial charge in [0.05, 0.1) is 11.4 Å². The lowest BCUT2D eigenvalue weighted by Crippen LogP contribution is -2.03. The lowest BCUT2D eigenvalue weighted by Gasteiger charge is -2.12. The molecule has 82 valence electrons. The van der Waals surface area contributed by atoms with Crippen molar-refractivity contribution in [3.05, 3.63) is 29.2 Å². The number of benzene rings is 1. The lowest BCUT2D eigenvalue weighted by atomic mass is 10.1. The highest BCUT2D eigenvalue weighted by Gasteiger charge is 2.02. The average Bonchev–Trinajstić information content (AvgIpc) is 2.29. The Morgan fingerprint density at radius 1 is 1.47 bits per heavy atom. The fourth-order valence-corrected chi connectivity index (χ4v) is 1.50. The first kappa shape index (κ1) is 11.8. The van der Waals surface area contributed by atoms with E-state index in [-0.39, 0.29) is 0 Å². The van der Waals surface area contributed by atoms with E-state index in [1.54, 1.807) is 5.41 Å². The Morgan fingerprint density at radius 3 is 2.73 bits per heavy atom. The average molecular weight is 223 g/mol. The van der Waals surface area contributed by atoms with Crippen molar-refractivity contribution in [3.8, 4) is 0 Å². The molecule has 1 aromatic carbocycles. The molecule has 1 aromatic rings. The maximum atomic E-state index is 5.78. The van der Waals surface area contributed by atoms with E-state index in [1.165, 1.54) is 0 Å². The highest BCUT2D eigenvalue weighted by atomic mass is 32.1. The van der Waals surface area contributed by atoms with Crippen LogP contribution < -0.4 is 16.4 Å². The molecule has 1 rings (SSSR count). The Balaban J connectivity index is 3.07. The van der Waals surface area contributed by atoms with Crippen molar-refractivity contribution in [1.29, 1.82) is 0 Å². The van der Waals surface area contributed by atoms with Crippen LogP contribution in [0.3, 0.4) is 0 Å². The number of rotatable bonds is 4. The van der Waals surface area contributed by atoms with Gasteiger partial charge in [0.25, 0.3) is 0 Å². The molecular formula is C11H17N3S. The number of nitrogens with one attached hydrogen (secondary N) is 2. The molecule has 0 aromatic heterocycles. The Morgan fingerprint density at radius 2 is 2.20 bits per heavy atom. The number of nitrogens with two attached hydrogens (primary N) is 1. The van der Waals surface area contributed by atoms with Crippen molar-refractivity contribution in [1.82, 2.24) is 0 Å². The number of thiol groups is 1. The highest BCUT2D eigenvalue weighted by Crippen LogP contribution is 2.24. The number of anilines is 2. The van der Waals surface area contributed by atoms with Crippen molar-refractivity contribution >= 4 is 29.7 Å². The van der Waals surface area contributed by atoms with Gasteiger partial charge in [0.1, 0.15) is 0 Å². The minimum Gasteiger partial charge on any atom is -0.398 e. The van der Waals surface area contributed by atoms with E-state index < -0.39 is 0 Å². The van der Waals surface area contributed by atoms with Crippen LogP contribution >= 0.6 is 12.6 Å². The van der Waals surface area contributed by atoms with Crippen molar-refractivity contribution in [2.75, 3.05) is 24.2 Å². The Labute approximate surface area is 96.2 Å². The van der Waals surface area contributed by atoms with Crippen LogP contribution in [0.4, 0.5) is 11.4 Å². The highest BCUT2D eigenvalue weighted by molar-refractivity contribution is 7.83. The molecular weight excluding hydrogens is 206 g/mol. The zero-order chi connectivity index (χ0) is 11.3. The van der Waals surface area contributed by atoms with Gasteiger partial charge in [-0.25, -0.2) is 0 Å². The summed E-state index contributed by atoms with van der Waals surface area (Å²) in [5.74, 6) is 0. The van der Waals surface area contributed by atoms with Gasteiger partial charge in [0, 0.05) is 24.9 Å². The molecule has 0 saturated carbocycles. The molecule has 15 heavy (non-hydrogen) atoms. The van der Waals surface area contributed by atoms with Gasteiger partial charge in [-0.15, -0.1) is 12.6 Å². The summed E-state index contributed by atoms with van der Waals surface area (Å²) in [6.07, 6.45) is 0. The fraction of sp³-hybridized carbons (Fsp3) is 0.273. The van der Waals surface area contributed by atoms with E-state index in [2.05, 4.69) is 30.2 Å². The molecule has 0 fully saturated rings. The van der Waals surface area contributed by atoms with Crippen molar-refractivity contribution in [2.45, 2.75) is 6.92 Å². The lowest BCUT2D eigenvalue weighted by molar-refractivity contribution is 1.21. The first-order valence-electron chi connectivity index (χ1n) is 4.88.